The fourth-order valence-corrected chi connectivity index (χ4v) is 3.07. The first-order valence-electron chi connectivity index (χ1n) is 7.12. The summed E-state index contributed by atoms with van der Waals surface area (Å²) in [7, 11) is 0. The second-order valence-electron chi connectivity index (χ2n) is 6.56. The van der Waals surface area contributed by atoms with E-state index in [9.17, 15) is 9.90 Å². The van der Waals surface area contributed by atoms with Gasteiger partial charge in [0, 0.05) is 18.6 Å². The molecule has 0 spiro atoms. The fourth-order valence-electron chi connectivity index (χ4n) is 2.79. The summed E-state index contributed by atoms with van der Waals surface area (Å²) in [4.78, 5) is 20.8. The Morgan fingerprint density at radius 2 is 2.14 bits per heavy atom. The van der Waals surface area contributed by atoms with Gasteiger partial charge in [0.1, 0.15) is 10.8 Å². The van der Waals surface area contributed by atoms with Crippen molar-refractivity contribution >= 4 is 35.1 Å². The quantitative estimate of drug-likeness (QED) is 0.797. The van der Waals surface area contributed by atoms with Crippen molar-refractivity contribution in [3.05, 3.63) is 16.5 Å². The minimum atomic E-state index is -0.874. The van der Waals surface area contributed by atoms with Crippen LogP contribution in [0.25, 0.3) is 0 Å². The van der Waals surface area contributed by atoms with E-state index in [1.54, 1.807) is 0 Å². The van der Waals surface area contributed by atoms with Crippen LogP contribution in [-0.2, 0) is 0 Å². The van der Waals surface area contributed by atoms with E-state index >= 15 is 0 Å². The average Bonchev–Trinajstić information content (AvgIpc) is 2.41. The van der Waals surface area contributed by atoms with Crippen molar-refractivity contribution in [1.29, 1.82) is 0 Å². The summed E-state index contributed by atoms with van der Waals surface area (Å²) in [6.07, 6.45) is 1.96. The zero-order chi connectivity index (χ0) is 16.5. The fraction of sp³-hybridized carbons (Fsp3) is 0.643. The van der Waals surface area contributed by atoms with Gasteiger partial charge >= 0.3 is 6.09 Å². The lowest BCUT2D eigenvalue weighted by molar-refractivity contribution is 0.0557. The van der Waals surface area contributed by atoms with Crippen LogP contribution in [0.15, 0.2) is 6.20 Å². The zero-order valence-electron chi connectivity index (χ0n) is 12.8. The molecule has 0 radical (unpaired) electrons. The first kappa shape index (κ1) is 17.1. The Kier molecular flexibility index (Phi) is 5.02. The highest BCUT2D eigenvalue weighted by Gasteiger charge is 2.38. The number of aromatic nitrogens is 2. The van der Waals surface area contributed by atoms with Crippen molar-refractivity contribution < 1.29 is 9.90 Å². The molecule has 1 saturated heterocycles. The number of rotatable bonds is 2. The molecule has 2 unspecified atom stereocenters. The van der Waals surface area contributed by atoms with Crippen LogP contribution in [0.1, 0.15) is 33.6 Å². The number of halogens is 2. The lowest BCUT2D eigenvalue weighted by Crippen LogP contribution is -2.54. The average molecular weight is 347 g/mol. The van der Waals surface area contributed by atoms with Crippen molar-refractivity contribution in [2.45, 2.75) is 45.7 Å². The van der Waals surface area contributed by atoms with E-state index < -0.39 is 6.09 Å². The molecule has 6 nitrogen and oxygen atoms in total. The minimum absolute atomic E-state index is 0.0765. The Morgan fingerprint density at radius 1 is 1.45 bits per heavy atom. The molecule has 2 atom stereocenters. The second kappa shape index (κ2) is 6.46. The maximum Gasteiger partial charge on any atom is 0.407 e. The van der Waals surface area contributed by atoms with E-state index in [0.29, 0.717) is 30.2 Å². The summed E-state index contributed by atoms with van der Waals surface area (Å²) in [5.74, 6) is 0.489. The molecule has 122 valence electrons. The molecule has 1 fully saturated rings. The van der Waals surface area contributed by atoms with Crippen molar-refractivity contribution in [3.8, 4) is 0 Å². The van der Waals surface area contributed by atoms with E-state index in [4.69, 9.17) is 23.2 Å². The molecule has 0 bridgehead atoms. The SMILES string of the molecule is CC(C)(C)C1CC(Nc2nc(Cl)ncc2Cl)CCN1C(=O)O. The highest BCUT2D eigenvalue weighted by atomic mass is 35.5. The van der Waals surface area contributed by atoms with Gasteiger partial charge in [-0.05, 0) is 29.9 Å². The topological polar surface area (TPSA) is 78.4 Å². The highest BCUT2D eigenvalue weighted by molar-refractivity contribution is 6.33. The molecule has 1 aliphatic rings. The Labute approximate surface area is 139 Å². The number of hydrogen-bond donors (Lipinski definition) is 2. The van der Waals surface area contributed by atoms with Crippen LogP contribution in [0.4, 0.5) is 10.6 Å². The van der Waals surface area contributed by atoms with Gasteiger partial charge in [-0.15, -0.1) is 0 Å². The summed E-state index contributed by atoms with van der Waals surface area (Å²) in [5, 5.41) is 13.2. The molecule has 2 heterocycles. The van der Waals surface area contributed by atoms with Crippen LogP contribution in [0.2, 0.25) is 10.3 Å². The highest BCUT2D eigenvalue weighted by Crippen LogP contribution is 2.33. The predicted molar refractivity (Wildman–Crippen MR) is 86.7 cm³/mol. The Balaban J connectivity index is 2.14. The molecule has 1 aromatic heterocycles. The molecule has 22 heavy (non-hydrogen) atoms. The molecule has 1 aliphatic heterocycles. The third-order valence-corrected chi connectivity index (χ3v) is 4.36. The third-order valence-electron chi connectivity index (χ3n) is 3.90. The van der Waals surface area contributed by atoms with E-state index in [0.717, 1.165) is 0 Å². The smallest absolute Gasteiger partial charge is 0.407 e. The number of amides is 1. The summed E-state index contributed by atoms with van der Waals surface area (Å²) < 4.78 is 0. The van der Waals surface area contributed by atoms with E-state index in [2.05, 4.69) is 15.3 Å². The molecule has 0 aliphatic carbocycles. The number of likely N-dealkylation sites (tertiary alicyclic amines) is 1. The van der Waals surface area contributed by atoms with Gasteiger partial charge in [-0.1, -0.05) is 32.4 Å². The molecule has 0 saturated carbocycles. The lowest BCUT2D eigenvalue weighted by Gasteiger charge is -2.44. The van der Waals surface area contributed by atoms with Crippen LogP contribution < -0.4 is 5.32 Å². The molecule has 1 aromatic rings. The zero-order valence-corrected chi connectivity index (χ0v) is 14.3. The van der Waals surface area contributed by atoms with Gasteiger partial charge in [-0.25, -0.2) is 9.78 Å². The van der Waals surface area contributed by atoms with E-state index in [1.807, 2.05) is 20.8 Å². The second-order valence-corrected chi connectivity index (χ2v) is 7.30. The van der Waals surface area contributed by atoms with E-state index in [-0.39, 0.29) is 22.8 Å². The van der Waals surface area contributed by atoms with Gasteiger partial charge in [-0.2, -0.15) is 4.98 Å². The molecule has 2 rings (SSSR count). The number of nitrogens with zero attached hydrogens (tertiary/aromatic N) is 3. The Hall–Kier alpha value is -1.27. The number of piperidine rings is 1. The molecule has 8 heteroatoms. The van der Waals surface area contributed by atoms with Gasteiger partial charge < -0.3 is 15.3 Å². The summed E-state index contributed by atoms with van der Waals surface area (Å²) in [6.45, 7) is 6.62. The first-order valence-corrected chi connectivity index (χ1v) is 7.88. The molecular formula is C14H20Cl2N4O2. The van der Waals surface area contributed by atoms with Crippen molar-refractivity contribution in [2.24, 2.45) is 5.41 Å². The first-order chi connectivity index (χ1) is 10.2. The number of anilines is 1. The third kappa shape index (κ3) is 3.93. The molecular weight excluding hydrogens is 327 g/mol. The van der Waals surface area contributed by atoms with Crippen LogP contribution in [0.3, 0.4) is 0 Å². The normalized spacial score (nSPS) is 22.5. The summed E-state index contributed by atoms with van der Waals surface area (Å²) in [5.41, 5.74) is -0.147. The van der Waals surface area contributed by atoms with Crippen LogP contribution in [0, 0.1) is 5.41 Å². The predicted octanol–water partition coefficient (Wildman–Crippen LogP) is 3.75. The number of nitrogens with one attached hydrogen (secondary N) is 1. The number of carbonyl (C=O) groups is 1. The summed E-state index contributed by atoms with van der Waals surface area (Å²) >= 11 is 11.9. The van der Waals surface area contributed by atoms with Crippen LogP contribution in [-0.4, -0.2) is 44.7 Å². The number of hydrogen-bond acceptors (Lipinski definition) is 4. The van der Waals surface area contributed by atoms with Gasteiger partial charge in [-0.3, -0.25) is 0 Å². The molecule has 0 aromatic carbocycles. The van der Waals surface area contributed by atoms with E-state index in [1.165, 1.54) is 11.1 Å². The van der Waals surface area contributed by atoms with Crippen molar-refractivity contribution in [3.63, 3.8) is 0 Å². The largest absolute Gasteiger partial charge is 0.465 e. The maximum atomic E-state index is 11.4. The van der Waals surface area contributed by atoms with Gasteiger partial charge in [0.25, 0.3) is 0 Å². The van der Waals surface area contributed by atoms with Crippen LogP contribution >= 0.6 is 23.2 Å². The lowest BCUT2D eigenvalue weighted by atomic mass is 9.79. The Bertz CT molecular complexity index is 562. The number of carboxylic acid groups (broad SMARTS) is 1. The summed E-state index contributed by atoms with van der Waals surface area (Å²) in [6, 6.07) is 0.00984. The van der Waals surface area contributed by atoms with Gasteiger partial charge in [0.2, 0.25) is 5.28 Å². The standard InChI is InChI=1S/C14H20Cl2N4O2/c1-14(2,3)10-6-8(4-5-20(10)13(21)22)18-11-9(15)7-17-12(16)19-11/h7-8,10H,4-6H2,1-3H3,(H,21,22)(H,17,18,19). The molecule has 1 amide bonds. The van der Waals surface area contributed by atoms with Crippen molar-refractivity contribution in [1.82, 2.24) is 14.9 Å². The minimum Gasteiger partial charge on any atom is -0.465 e. The maximum absolute atomic E-state index is 11.4. The Morgan fingerprint density at radius 3 is 2.73 bits per heavy atom. The van der Waals surface area contributed by atoms with Crippen molar-refractivity contribution in [2.75, 3.05) is 11.9 Å². The monoisotopic (exact) mass is 346 g/mol. The molecule has 2 N–H and O–H groups in total. The van der Waals surface area contributed by atoms with Crippen LogP contribution in [0.5, 0.6) is 0 Å². The van der Waals surface area contributed by atoms with Gasteiger partial charge in [0.05, 0.1) is 6.20 Å². The van der Waals surface area contributed by atoms with Gasteiger partial charge in [0.15, 0.2) is 0 Å².